The Morgan fingerprint density at radius 3 is 2.24 bits per heavy atom. The first kappa shape index (κ1) is 12.9. The van der Waals surface area contributed by atoms with Crippen LogP contribution in [0.25, 0.3) is 0 Å². The minimum absolute atomic E-state index is 0.518. The number of hydrogen-bond acceptors (Lipinski definition) is 0. The number of rotatable bonds is 4. The van der Waals surface area contributed by atoms with Gasteiger partial charge >= 0.3 is 6.18 Å². The molecule has 0 heterocycles. The van der Waals surface area contributed by atoms with Crippen molar-refractivity contribution >= 4 is 15.9 Å². The number of benzene rings is 1. The lowest BCUT2D eigenvalue weighted by Gasteiger charge is -2.09. The van der Waals surface area contributed by atoms with Crippen LogP contribution < -0.4 is 0 Å². The van der Waals surface area contributed by atoms with E-state index in [9.17, 15) is 13.2 Å². The lowest BCUT2D eigenvalue weighted by atomic mass is 10.0. The molecule has 0 aromatic heterocycles. The van der Waals surface area contributed by atoms with Crippen LogP contribution in [0.4, 0.5) is 13.2 Å². The summed E-state index contributed by atoms with van der Waals surface area (Å²) < 4.78 is 37.0. The molecule has 1 saturated carbocycles. The largest absolute Gasteiger partial charge is 0.416 e. The molecule has 1 aromatic rings. The van der Waals surface area contributed by atoms with Crippen molar-refractivity contribution in [3.05, 3.63) is 35.4 Å². The maximum absolute atomic E-state index is 12.3. The van der Waals surface area contributed by atoms with Crippen molar-refractivity contribution in [2.75, 3.05) is 0 Å². The molecule has 0 N–H and O–H groups in total. The van der Waals surface area contributed by atoms with Crippen molar-refractivity contribution in [2.24, 2.45) is 5.92 Å². The molecule has 1 fully saturated rings. The third-order valence-electron chi connectivity index (χ3n) is 3.12. The first-order chi connectivity index (χ1) is 7.97. The highest BCUT2D eigenvalue weighted by molar-refractivity contribution is 9.09. The minimum Gasteiger partial charge on any atom is -0.166 e. The Bertz CT molecular complexity index is 365. The SMILES string of the molecule is FC(F)(F)c1ccc(CCC(Br)C2CC2)cc1. The molecule has 1 aliphatic rings. The van der Waals surface area contributed by atoms with E-state index >= 15 is 0 Å². The molecule has 0 amide bonds. The van der Waals surface area contributed by atoms with Crippen molar-refractivity contribution < 1.29 is 13.2 Å². The van der Waals surface area contributed by atoms with Crippen LogP contribution in [0.1, 0.15) is 30.4 Å². The van der Waals surface area contributed by atoms with Crippen LogP contribution in [0.2, 0.25) is 0 Å². The molecule has 0 aliphatic heterocycles. The molecule has 0 spiro atoms. The summed E-state index contributed by atoms with van der Waals surface area (Å²) in [5.41, 5.74) is 0.405. The summed E-state index contributed by atoms with van der Waals surface area (Å²) in [6.07, 6.45) is 0.164. The molecular formula is C13H14BrF3. The maximum Gasteiger partial charge on any atom is 0.416 e. The van der Waals surface area contributed by atoms with E-state index in [4.69, 9.17) is 0 Å². The predicted molar refractivity (Wildman–Crippen MR) is 65.2 cm³/mol. The van der Waals surface area contributed by atoms with Gasteiger partial charge in [-0.05, 0) is 49.3 Å². The number of alkyl halides is 4. The summed E-state index contributed by atoms with van der Waals surface area (Å²) in [6, 6.07) is 5.48. The second kappa shape index (κ2) is 5.01. The van der Waals surface area contributed by atoms with Gasteiger partial charge in [0.1, 0.15) is 0 Å². The minimum atomic E-state index is -4.23. The molecule has 0 saturated heterocycles. The number of aryl methyl sites for hydroxylation is 1. The Morgan fingerprint density at radius 2 is 1.76 bits per heavy atom. The Labute approximate surface area is 107 Å². The van der Waals surface area contributed by atoms with Crippen LogP contribution in [-0.2, 0) is 12.6 Å². The summed E-state index contributed by atoms with van der Waals surface area (Å²) in [6.45, 7) is 0. The smallest absolute Gasteiger partial charge is 0.166 e. The monoisotopic (exact) mass is 306 g/mol. The van der Waals surface area contributed by atoms with Gasteiger partial charge in [0.25, 0.3) is 0 Å². The van der Waals surface area contributed by atoms with E-state index in [1.165, 1.54) is 12.8 Å². The van der Waals surface area contributed by atoms with Gasteiger partial charge in [0.15, 0.2) is 0 Å². The molecule has 1 aliphatic carbocycles. The van der Waals surface area contributed by atoms with Gasteiger partial charge in [-0.15, -0.1) is 0 Å². The lowest BCUT2D eigenvalue weighted by Crippen LogP contribution is -2.05. The van der Waals surface area contributed by atoms with E-state index in [-0.39, 0.29) is 0 Å². The average Bonchev–Trinajstić information content (AvgIpc) is 3.09. The van der Waals surface area contributed by atoms with E-state index in [0.717, 1.165) is 36.5 Å². The molecule has 0 radical (unpaired) electrons. The van der Waals surface area contributed by atoms with Crippen molar-refractivity contribution in [1.82, 2.24) is 0 Å². The van der Waals surface area contributed by atoms with Crippen molar-refractivity contribution in [1.29, 1.82) is 0 Å². The fourth-order valence-electron chi connectivity index (χ4n) is 1.86. The summed E-state index contributed by atoms with van der Waals surface area (Å²) in [7, 11) is 0. The molecule has 94 valence electrons. The Kier molecular flexibility index (Phi) is 3.81. The molecule has 4 heteroatoms. The number of halogens is 4. The summed E-state index contributed by atoms with van der Waals surface area (Å²) in [4.78, 5) is 0.518. The van der Waals surface area contributed by atoms with Crippen LogP contribution in [-0.4, -0.2) is 4.83 Å². The fraction of sp³-hybridized carbons (Fsp3) is 0.538. The zero-order valence-electron chi connectivity index (χ0n) is 9.30. The third kappa shape index (κ3) is 3.73. The number of hydrogen-bond donors (Lipinski definition) is 0. The maximum atomic E-state index is 12.3. The zero-order valence-corrected chi connectivity index (χ0v) is 10.9. The quantitative estimate of drug-likeness (QED) is 0.700. The average molecular weight is 307 g/mol. The molecule has 0 bridgehead atoms. The van der Waals surface area contributed by atoms with E-state index < -0.39 is 11.7 Å². The van der Waals surface area contributed by atoms with Crippen molar-refractivity contribution in [3.63, 3.8) is 0 Å². The van der Waals surface area contributed by atoms with Gasteiger partial charge in [-0.2, -0.15) is 13.2 Å². The molecule has 1 atom stereocenters. The highest BCUT2D eigenvalue weighted by atomic mass is 79.9. The molecular weight excluding hydrogens is 293 g/mol. The van der Waals surface area contributed by atoms with Gasteiger partial charge in [0.2, 0.25) is 0 Å². The Hall–Kier alpha value is -0.510. The van der Waals surface area contributed by atoms with Crippen molar-refractivity contribution in [3.8, 4) is 0 Å². The van der Waals surface area contributed by atoms with Gasteiger partial charge in [0.05, 0.1) is 5.56 Å². The first-order valence-corrected chi connectivity index (χ1v) is 6.68. The lowest BCUT2D eigenvalue weighted by molar-refractivity contribution is -0.137. The molecule has 0 nitrogen and oxygen atoms in total. The van der Waals surface area contributed by atoms with Gasteiger partial charge in [0, 0.05) is 4.83 Å². The van der Waals surface area contributed by atoms with E-state index in [1.807, 2.05) is 0 Å². The molecule has 1 unspecified atom stereocenters. The fourth-order valence-corrected chi connectivity index (χ4v) is 2.62. The Morgan fingerprint density at radius 1 is 1.18 bits per heavy atom. The van der Waals surface area contributed by atoms with Gasteiger partial charge in [-0.1, -0.05) is 28.1 Å². The molecule has 2 rings (SSSR count). The normalized spacial score (nSPS) is 18.1. The van der Waals surface area contributed by atoms with Gasteiger partial charge in [-0.3, -0.25) is 0 Å². The van der Waals surface area contributed by atoms with Crippen molar-refractivity contribution in [2.45, 2.75) is 36.7 Å². The third-order valence-corrected chi connectivity index (χ3v) is 4.33. The summed E-state index contributed by atoms with van der Waals surface area (Å²) in [5, 5.41) is 0. The first-order valence-electron chi connectivity index (χ1n) is 5.77. The topological polar surface area (TPSA) is 0 Å². The Balaban J connectivity index is 1.89. The van der Waals surface area contributed by atoms with Crippen LogP contribution in [0.15, 0.2) is 24.3 Å². The predicted octanol–water partition coefficient (Wildman–Crippen LogP) is 4.81. The second-order valence-corrected chi connectivity index (χ2v) is 5.76. The van der Waals surface area contributed by atoms with E-state index in [2.05, 4.69) is 15.9 Å². The molecule has 1 aromatic carbocycles. The summed E-state index contributed by atoms with van der Waals surface area (Å²) in [5.74, 6) is 0.782. The summed E-state index contributed by atoms with van der Waals surface area (Å²) >= 11 is 3.63. The van der Waals surface area contributed by atoms with Crippen LogP contribution >= 0.6 is 15.9 Å². The highest BCUT2D eigenvalue weighted by Crippen LogP contribution is 2.38. The highest BCUT2D eigenvalue weighted by Gasteiger charge is 2.30. The van der Waals surface area contributed by atoms with Crippen LogP contribution in [0.5, 0.6) is 0 Å². The van der Waals surface area contributed by atoms with Gasteiger partial charge < -0.3 is 0 Å². The standard InChI is InChI=1S/C13H14BrF3/c14-12(10-4-5-10)8-3-9-1-6-11(7-2-9)13(15,16)17/h1-2,6-7,10,12H,3-5,8H2. The van der Waals surface area contributed by atoms with E-state index in [0.29, 0.717) is 4.83 Å². The van der Waals surface area contributed by atoms with E-state index in [1.54, 1.807) is 12.1 Å². The van der Waals surface area contributed by atoms with Gasteiger partial charge in [-0.25, -0.2) is 0 Å². The van der Waals surface area contributed by atoms with Crippen LogP contribution in [0, 0.1) is 5.92 Å². The second-order valence-electron chi connectivity index (χ2n) is 4.59. The van der Waals surface area contributed by atoms with Crippen LogP contribution in [0.3, 0.4) is 0 Å². The zero-order chi connectivity index (χ0) is 12.5. The molecule has 17 heavy (non-hydrogen) atoms.